The summed E-state index contributed by atoms with van der Waals surface area (Å²) in [6, 6.07) is 17.8. The predicted octanol–water partition coefficient (Wildman–Crippen LogP) is 5.90. The van der Waals surface area contributed by atoms with E-state index in [1.165, 1.54) is 29.3 Å². The van der Waals surface area contributed by atoms with Crippen LogP contribution < -0.4 is 10.2 Å². The second-order valence-electron chi connectivity index (χ2n) is 8.18. The summed E-state index contributed by atoms with van der Waals surface area (Å²) in [4.78, 5) is 13.8. The normalized spacial score (nSPS) is 24.6. The van der Waals surface area contributed by atoms with Gasteiger partial charge in [0, 0.05) is 43.6 Å². The van der Waals surface area contributed by atoms with Crippen LogP contribution in [-0.2, 0) is 6.42 Å². The number of hydrogen-bond acceptors (Lipinski definition) is 3. The van der Waals surface area contributed by atoms with Crippen LogP contribution in [0.4, 0.5) is 5.69 Å². The second kappa shape index (κ2) is 10.4. The molecule has 5 rings (SSSR count). The van der Waals surface area contributed by atoms with Crippen LogP contribution in [0.25, 0.3) is 11.1 Å². The number of amides is 1. The first-order chi connectivity index (χ1) is 19.6. The van der Waals surface area contributed by atoms with E-state index in [1.807, 2.05) is 24.3 Å². The van der Waals surface area contributed by atoms with Crippen molar-refractivity contribution in [2.45, 2.75) is 19.3 Å². The highest BCUT2D eigenvalue weighted by Gasteiger charge is 2.20. The van der Waals surface area contributed by atoms with Crippen molar-refractivity contribution < 1.29 is 15.8 Å². The van der Waals surface area contributed by atoms with E-state index < -0.39 is 26.0 Å². The van der Waals surface area contributed by atoms with E-state index in [4.69, 9.17) is 34.2 Å². The van der Waals surface area contributed by atoms with E-state index in [-0.39, 0.29) is 41.2 Å². The molecule has 0 saturated carbocycles. The number of nitrogens with one attached hydrogen (secondary N) is 1. The van der Waals surface area contributed by atoms with Gasteiger partial charge < -0.3 is 10.2 Å². The first-order valence-corrected chi connectivity index (χ1v) is 11.9. The zero-order valence-electron chi connectivity index (χ0n) is 26.4. The minimum atomic E-state index is -3.04. The number of rotatable bonds is 7. The third-order valence-electron chi connectivity index (χ3n) is 5.92. The molecule has 1 heterocycles. The Morgan fingerprint density at radius 3 is 2.56 bits per heavy atom. The summed E-state index contributed by atoms with van der Waals surface area (Å²) in [6.07, 6.45) is 1.26. The fraction of sp³-hybridized carbons (Fsp3) is 0.321. The summed E-state index contributed by atoms with van der Waals surface area (Å²) in [5, 5.41) is 2.62. The molecular weight excluding hydrogens is 465 g/mol. The first-order valence-electron chi connectivity index (χ1n) is 15.1. The van der Waals surface area contributed by atoms with Crippen molar-refractivity contribution in [2.24, 2.45) is 0 Å². The van der Waals surface area contributed by atoms with Gasteiger partial charge in [-0.15, -0.1) is 0 Å². The molecule has 1 N–H and O–H groups in total. The Bertz CT molecular complexity index is 1510. The quantitative estimate of drug-likeness (QED) is 0.320. The molecule has 2 aliphatic rings. The molecule has 0 spiro atoms. The molecule has 0 aromatic heterocycles. The maximum absolute atomic E-state index is 12.8. The van der Waals surface area contributed by atoms with Crippen molar-refractivity contribution in [3.8, 4) is 11.1 Å². The first kappa shape index (κ1) is 15.5. The van der Waals surface area contributed by atoms with Crippen LogP contribution in [0.5, 0.6) is 0 Å². The van der Waals surface area contributed by atoms with Crippen LogP contribution in [0.1, 0.15) is 45.3 Å². The van der Waals surface area contributed by atoms with E-state index in [9.17, 15) is 4.79 Å². The molecule has 6 heteroatoms. The molecule has 0 atom stereocenters. The summed E-state index contributed by atoms with van der Waals surface area (Å²) < 4.78 is 69.0. The molecule has 1 aliphatic heterocycles. The highest BCUT2D eigenvalue weighted by atomic mass is 35.5. The Balaban J connectivity index is 1.24. The molecule has 0 bridgehead atoms. The van der Waals surface area contributed by atoms with E-state index >= 15 is 0 Å². The highest BCUT2D eigenvalue weighted by Crippen LogP contribution is 2.36. The Labute approximate surface area is 222 Å². The minimum absolute atomic E-state index is 0.00338. The lowest BCUT2D eigenvalue weighted by atomic mass is 10.0. The number of fused-ring (bicyclic) bond motifs is 3. The zero-order chi connectivity index (χ0) is 30.7. The standard InChI is InChI=1S/C28H29Cl2N3O/c29-25-8-5-9-26(27(25)30)33-16-14-32(15-17-33)13-4-3-12-31-28(34)21-10-11-24-22(19-21)18-20-6-1-2-7-23(20)24/h1-2,5-11,19H,3-4,12-18H2,(H,31,34)/i14D2,15D2,16D2,17D2. The molecule has 3 aromatic rings. The number of benzene rings is 3. The maximum atomic E-state index is 12.8. The third-order valence-corrected chi connectivity index (χ3v) is 6.72. The van der Waals surface area contributed by atoms with E-state index in [2.05, 4.69) is 17.4 Å². The van der Waals surface area contributed by atoms with Crippen molar-refractivity contribution in [2.75, 3.05) is 44.0 Å². The summed E-state index contributed by atoms with van der Waals surface area (Å²) in [7, 11) is 0. The van der Waals surface area contributed by atoms with Gasteiger partial charge >= 0.3 is 0 Å². The van der Waals surface area contributed by atoms with Crippen molar-refractivity contribution in [3.05, 3.63) is 87.4 Å². The Morgan fingerprint density at radius 2 is 1.71 bits per heavy atom. The molecular formula is C28H29Cl2N3O. The fourth-order valence-corrected chi connectivity index (χ4v) is 4.54. The number of unbranched alkanes of at least 4 members (excludes halogenated alkanes) is 1. The minimum Gasteiger partial charge on any atom is -0.368 e. The topological polar surface area (TPSA) is 35.6 Å². The van der Waals surface area contributed by atoms with Gasteiger partial charge in [0.1, 0.15) is 0 Å². The summed E-state index contributed by atoms with van der Waals surface area (Å²) in [5.41, 5.74) is 4.84. The monoisotopic (exact) mass is 501 g/mol. The average Bonchev–Trinajstić information content (AvgIpc) is 3.29. The average molecular weight is 503 g/mol. The van der Waals surface area contributed by atoms with E-state index in [0.29, 0.717) is 21.8 Å². The van der Waals surface area contributed by atoms with Gasteiger partial charge in [0.15, 0.2) is 0 Å². The number of hydrogen-bond donors (Lipinski definition) is 1. The smallest absolute Gasteiger partial charge is 0.251 e. The number of carbonyl (C=O) groups excluding carboxylic acids is 1. The molecule has 1 fully saturated rings. The number of anilines is 1. The zero-order valence-corrected chi connectivity index (χ0v) is 19.9. The molecule has 1 saturated heterocycles. The lowest BCUT2D eigenvalue weighted by molar-refractivity contribution is 0.0952. The van der Waals surface area contributed by atoms with Crippen LogP contribution in [0, 0.1) is 0 Å². The van der Waals surface area contributed by atoms with E-state index in [1.54, 1.807) is 6.07 Å². The molecule has 1 aliphatic carbocycles. The van der Waals surface area contributed by atoms with Gasteiger partial charge in [-0.25, -0.2) is 0 Å². The molecule has 4 nitrogen and oxygen atoms in total. The Morgan fingerprint density at radius 1 is 0.912 bits per heavy atom. The summed E-state index contributed by atoms with van der Waals surface area (Å²) in [6.45, 7) is -12.1. The maximum Gasteiger partial charge on any atom is 0.251 e. The van der Waals surface area contributed by atoms with Crippen molar-refractivity contribution in [3.63, 3.8) is 0 Å². The SMILES string of the molecule is [2H]C1([2H])N(CCCCNC(=O)c2ccc3c(c2)Cc2ccccc2-3)C([2H])([2H])C([2H])([2H])N(c2cccc(Cl)c2Cl)C1([2H])[2H]. The van der Waals surface area contributed by atoms with Crippen molar-refractivity contribution in [1.29, 1.82) is 0 Å². The van der Waals surface area contributed by atoms with Crippen LogP contribution in [0.15, 0.2) is 60.7 Å². The van der Waals surface area contributed by atoms with Gasteiger partial charge in [-0.3, -0.25) is 9.69 Å². The van der Waals surface area contributed by atoms with Crippen molar-refractivity contribution >= 4 is 34.8 Å². The Hall–Kier alpha value is -2.53. The van der Waals surface area contributed by atoms with E-state index in [0.717, 1.165) is 17.5 Å². The predicted molar refractivity (Wildman–Crippen MR) is 141 cm³/mol. The lowest BCUT2D eigenvalue weighted by Gasteiger charge is -2.36. The van der Waals surface area contributed by atoms with Crippen molar-refractivity contribution in [1.82, 2.24) is 10.2 Å². The molecule has 0 radical (unpaired) electrons. The number of halogens is 2. The third kappa shape index (κ3) is 4.95. The molecule has 176 valence electrons. The molecule has 3 aromatic carbocycles. The van der Waals surface area contributed by atoms with Gasteiger partial charge in [0.25, 0.3) is 5.91 Å². The Kier molecular flexibility index (Phi) is 4.72. The molecule has 1 amide bonds. The van der Waals surface area contributed by atoms with Gasteiger partial charge in [-0.2, -0.15) is 0 Å². The second-order valence-corrected chi connectivity index (χ2v) is 8.96. The number of nitrogens with zero attached hydrogens (tertiary/aromatic N) is 2. The summed E-state index contributed by atoms with van der Waals surface area (Å²) >= 11 is 12.3. The lowest BCUT2D eigenvalue weighted by Crippen LogP contribution is -2.46. The largest absolute Gasteiger partial charge is 0.368 e. The van der Waals surface area contributed by atoms with Crippen LogP contribution in [0.3, 0.4) is 0 Å². The summed E-state index contributed by atoms with van der Waals surface area (Å²) in [5.74, 6) is -0.265. The van der Waals surface area contributed by atoms with Crippen LogP contribution in [0.2, 0.25) is 10.0 Å². The number of carbonyl (C=O) groups is 1. The molecule has 0 unspecified atom stereocenters. The van der Waals surface area contributed by atoms with Gasteiger partial charge in [-0.05, 0) is 72.3 Å². The molecule has 34 heavy (non-hydrogen) atoms. The van der Waals surface area contributed by atoms with Gasteiger partial charge in [0.05, 0.1) is 21.2 Å². The van der Waals surface area contributed by atoms with Gasteiger partial charge in [-0.1, -0.05) is 59.6 Å². The number of piperazine rings is 1. The highest BCUT2D eigenvalue weighted by molar-refractivity contribution is 6.43. The van der Waals surface area contributed by atoms with Crippen LogP contribution in [-0.4, -0.2) is 49.9 Å². The van der Waals surface area contributed by atoms with Crippen LogP contribution >= 0.6 is 23.2 Å². The fourth-order valence-electron chi connectivity index (χ4n) is 4.16. The van der Waals surface area contributed by atoms with Gasteiger partial charge in [0.2, 0.25) is 0 Å².